The van der Waals surface area contributed by atoms with E-state index in [9.17, 15) is 5.11 Å². The third-order valence-electron chi connectivity index (χ3n) is 6.18. The van der Waals surface area contributed by atoms with E-state index in [0.29, 0.717) is 0 Å². The van der Waals surface area contributed by atoms with E-state index in [-0.39, 0.29) is 12.1 Å². The molecule has 1 aromatic carbocycles. The van der Waals surface area contributed by atoms with E-state index in [1.54, 1.807) is 7.05 Å². The highest BCUT2D eigenvalue weighted by Crippen LogP contribution is 2.33. The highest BCUT2D eigenvalue weighted by Gasteiger charge is 2.22. The van der Waals surface area contributed by atoms with Gasteiger partial charge in [-0.1, -0.05) is 36.9 Å². The largest absolute Gasteiger partial charge is 0.393 e. The van der Waals surface area contributed by atoms with Crippen LogP contribution in [0.3, 0.4) is 0 Å². The normalized spacial score (nSPS) is 19.4. The Balaban J connectivity index is 2.10. The number of aromatic nitrogens is 1. The summed E-state index contributed by atoms with van der Waals surface area (Å²) in [5.74, 6) is 0.839. The Bertz CT molecular complexity index is 1100. The number of benzene rings is 1. The molecule has 0 radical (unpaired) electrons. The molecule has 2 atom stereocenters. The highest BCUT2D eigenvalue weighted by atomic mass is 16.3. The fourth-order valence-corrected chi connectivity index (χ4v) is 4.53. The Kier molecular flexibility index (Phi) is 8.83. The molecular formula is C29H38N4O. The van der Waals surface area contributed by atoms with Gasteiger partial charge in [0.2, 0.25) is 0 Å². The molecule has 2 N–H and O–H groups in total. The number of nitrogens with one attached hydrogen (secondary N) is 1. The van der Waals surface area contributed by atoms with E-state index >= 15 is 0 Å². The van der Waals surface area contributed by atoms with E-state index in [0.717, 1.165) is 70.6 Å². The minimum absolute atomic E-state index is 0.198. The molecule has 0 spiro atoms. The molecule has 1 fully saturated rings. The van der Waals surface area contributed by atoms with Crippen LogP contribution < -0.4 is 5.32 Å². The van der Waals surface area contributed by atoms with Gasteiger partial charge in [-0.25, -0.2) is 4.98 Å². The molecule has 0 aliphatic heterocycles. The Labute approximate surface area is 204 Å². The monoisotopic (exact) mass is 458 g/mol. The first-order valence-electron chi connectivity index (χ1n) is 12.0. The molecule has 1 aliphatic carbocycles. The van der Waals surface area contributed by atoms with Crippen LogP contribution in [-0.2, 0) is 0 Å². The summed E-state index contributed by atoms with van der Waals surface area (Å²) in [6.07, 6.45) is 11.3. The molecule has 1 heterocycles. The van der Waals surface area contributed by atoms with Crippen molar-refractivity contribution in [1.82, 2.24) is 9.88 Å². The molecule has 0 saturated heterocycles. The minimum atomic E-state index is -0.254. The molecule has 1 aromatic heterocycles. The van der Waals surface area contributed by atoms with Crippen LogP contribution in [0.5, 0.6) is 0 Å². The van der Waals surface area contributed by atoms with Crippen molar-refractivity contribution in [3.63, 3.8) is 0 Å². The van der Waals surface area contributed by atoms with Crippen molar-refractivity contribution in [2.24, 2.45) is 4.99 Å². The van der Waals surface area contributed by atoms with Gasteiger partial charge in [-0.05, 0) is 73.9 Å². The predicted octanol–water partition coefficient (Wildman–Crippen LogP) is 5.96. The summed E-state index contributed by atoms with van der Waals surface area (Å²) in [5.41, 5.74) is 7.33. The molecule has 3 rings (SSSR count). The Hall–Kier alpha value is -3.18. The van der Waals surface area contributed by atoms with Gasteiger partial charge < -0.3 is 15.3 Å². The number of anilines is 1. The Morgan fingerprint density at radius 3 is 2.68 bits per heavy atom. The fourth-order valence-electron chi connectivity index (χ4n) is 4.53. The summed E-state index contributed by atoms with van der Waals surface area (Å²) in [5, 5.41) is 13.9. The highest BCUT2D eigenvalue weighted by molar-refractivity contribution is 6.11. The lowest BCUT2D eigenvalue weighted by Gasteiger charge is -2.28. The molecule has 0 amide bonds. The maximum atomic E-state index is 10.2. The van der Waals surface area contributed by atoms with Crippen LogP contribution in [0, 0.1) is 6.92 Å². The molecule has 2 aromatic rings. The summed E-state index contributed by atoms with van der Waals surface area (Å²) < 4.78 is 0. The van der Waals surface area contributed by atoms with E-state index in [1.807, 2.05) is 38.2 Å². The van der Waals surface area contributed by atoms with Gasteiger partial charge in [-0.15, -0.1) is 0 Å². The molecule has 1 saturated carbocycles. The van der Waals surface area contributed by atoms with E-state index < -0.39 is 0 Å². The van der Waals surface area contributed by atoms with Crippen LogP contribution in [0.25, 0.3) is 22.4 Å². The van der Waals surface area contributed by atoms with Crippen LogP contribution >= 0.6 is 0 Å². The molecule has 5 nitrogen and oxygen atoms in total. The molecule has 34 heavy (non-hydrogen) atoms. The third kappa shape index (κ3) is 6.23. The zero-order chi connectivity index (χ0) is 24.7. The molecule has 2 unspecified atom stereocenters. The maximum Gasteiger partial charge on any atom is 0.134 e. The van der Waals surface area contributed by atoms with Crippen molar-refractivity contribution < 1.29 is 5.11 Å². The fraction of sp³-hybridized carbons (Fsp3) is 0.379. The van der Waals surface area contributed by atoms with Crippen molar-refractivity contribution in [1.29, 1.82) is 0 Å². The topological polar surface area (TPSA) is 60.8 Å². The van der Waals surface area contributed by atoms with Gasteiger partial charge in [0, 0.05) is 50.7 Å². The molecule has 180 valence electrons. The number of pyridine rings is 1. The standard InChI is InChI=1S/C29H38N4O/c1-7-21(18-30-4)27-15-20(3)28(32-29(27)31-25-13-10-14-26(34)17-25)24-12-9-11-23(16-24)22(8-2)19-33(5)6/h7-9,11-12,15-16,18-19,25-26,34H,2,10,13-14,17H2,1,3-6H3,(H,31,32)/b21-7+,22-19+,30-18?. The lowest BCUT2D eigenvalue weighted by atomic mass is 9.92. The summed E-state index contributed by atoms with van der Waals surface area (Å²) in [6, 6.07) is 10.8. The average Bonchev–Trinajstić information content (AvgIpc) is 2.82. The van der Waals surface area contributed by atoms with Crippen LogP contribution in [0.15, 0.2) is 60.3 Å². The number of aliphatic hydroxyl groups is 1. The molecule has 1 aliphatic rings. The van der Waals surface area contributed by atoms with Crippen LogP contribution in [0.4, 0.5) is 5.82 Å². The van der Waals surface area contributed by atoms with Crippen LogP contribution in [0.1, 0.15) is 49.3 Å². The molecule has 5 heteroatoms. The van der Waals surface area contributed by atoms with Crippen molar-refractivity contribution >= 4 is 23.2 Å². The van der Waals surface area contributed by atoms with Crippen LogP contribution in [0.2, 0.25) is 0 Å². The van der Waals surface area contributed by atoms with Gasteiger partial charge in [0.1, 0.15) is 5.82 Å². The summed E-state index contributed by atoms with van der Waals surface area (Å²) >= 11 is 0. The smallest absolute Gasteiger partial charge is 0.134 e. The number of aliphatic hydroxyl groups excluding tert-OH is 1. The first kappa shape index (κ1) is 25.4. The maximum absolute atomic E-state index is 10.2. The number of hydrogen-bond acceptors (Lipinski definition) is 5. The minimum Gasteiger partial charge on any atom is -0.393 e. The predicted molar refractivity (Wildman–Crippen MR) is 146 cm³/mol. The van der Waals surface area contributed by atoms with E-state index in [4.69, 9.17) is 4.98 Å². The van der Waals surface area contributed by atoms with E-state index in [2.05, 4.69) is 66.4 Å². The zero-order valence-electron chi connectivity index (χ0n) is 21.2. The van der Waals surface area contributed by atoms with Gasteiger partial charge in [0.15, 0.2) is 0 Å². The van der Waals surface area contributed by atoms with E-state index in [1.165, 1.54) is 0 Å². The van der Waals surface area contributed by atoms with Crippen molar-refractivity contribution in [2.75, 3.05) is 26.5 Å². The van der Waals surface area contributed by atoms with Gasteiger partial charge in [-0.2, -0.15) is 0 Å². The van der Waals surface area contributed by atoms with Crippen molar-refractivity contribution in [3.8, 4) is 11.3 Å². The number of nitrogens with zero attached hydrogens (tertiary/aromatic N) is 3. The Morgan fingerprint density at radius 2 is 2.03 bits per heavy atom. The second kappa shape index (κ2) is 11.8. The second-order valence-electron chi connectivity index (χ2n) is 9.18. The summed E-state index contributed by atoms with van der Waals surface area (Å²) in [7, 11) is 5.80. The van der Waals surface area contributed by atoms with Gasteiger partial charge in [-0.3, -0.25) is 4.99 Å². The zero-order valence-corrected chi connectivity index (χ0v) is 21.2. The summed E-state index contributed by atoms with van der Waals surface area (Å²) in [4.78, 5) is 11.4. The number of allylic oxidation sites excluding steroid dienone is 4. The number of hydrogen-bond donors (Lipinski definition) is 2. The SMILES string of the molecule is C=C/C(=C\N(C)C)c1cccc(-c2nc(NC3CCCC(O)C3)c(/C(C=NC)=C/C)cc2C)c1. The van der Waals surface area contributed by atoms with Gasteiger partial charge in [0.05, 0.1) is 11.8 Å². The Morgan fingerprint density at radius 1 is 1.24 bits per heavy atom. The lowest BCUT2D eigenvalue weighted by molar-refractivity contribution is 0.124. The van der Waals surface area contributed by atoms with Crippen LogP contribution in [-0.4, -0.2) is 54.5 Å². The number of aliphatic imine (C=N–C) groups is 1. The van der Waals surface area contributed by atoms with Crippen molar-refractivity contribution in [3.05, 3.63) is 72.0 Å². The summed E-state index contributed by atoms with van der Waals surface area (Å²) in [6.45, 7) is 8.12. The second-order valence-corrected chi connectivity index (χ2v) is 9.18. The van der Waals surface area contributed by atoms with Gasteiger partial charge in [0.25, 0.3) is 0 Å². The van der Waals surface area contributed by atoms with Crippen molar-refractivity contribution in [2.45, 2.75) is 51.7 Å². The quantitative estimate of drug-likeness (QED) is 0.378. The van der Waals surface area contributed by atoms with Gasteiger partial charge >= 0.3 is 0 Å². The lowest BCUT2D eigenvalue weighted by Crippen LogP contribution is -2.30. The number of rotatable bonds is 8. The molecular weight excluding hydrogens is 420 g/mol. The first-order chi connectivity index (χ1) is 16.4. The third-order valence-corrected chi connectivity index (χ3v) is 6.18. The first-order valence-corrected chi connectivity index (χ1v) is 12.0. The molecule has 0 bridgehead atoms. The average molecular weight is 459 g/mol. The number of aryl methyl sites for hydroxylation is 1.